The van der Waals surface area contributed by atoms with Gasteiger partial charge < -0.3 is 10.7 Å². The van der Waals surface area contributed by atoms with Gasteiger partial charge in [0.1, 0.15) is 0 Å². The van der Waals surface area contributed by atoms with E-state index >= 15 is 0 Å². The van der Waals surface area contributed by atoms with Crippen molar-refractivity contribution >= 4 is 23.3 Å². The largest absolute Gasteiger partial charge is 0.358 e. The Balaban J connectivity index is 0.00000112. The average Bonchev–Trinajstić information content (AvgIpc) is 2.60. The first-order valence-corrected chi connectivity index (χ1v) is 5.17. The standard InChI is InChI=1S/C12H16N2.ClH/c13-8-4-3-6-11-9-10-5-1-2-7-12(10)14-11;/h1-2,5,7,9,14H,3-4,6,8,13H2;1H. The van der Waals surface area contributed by atoms with Crippen molar-refractivity contribution in [3.05, 3.63) is 36.0 Å². The molecule has 1 aromatic heterocycles. The zero-order valence-electron chi connectivity index (χ0n) is 8.70. The van der Waals surface area contributed by atoms with Crippen molar-refractivity contribution in [3.63, 3.8) is 0 Å². The second-order valence-electron chi connectivity index (χ2n) is 3.63. The van der Waals surface area contributed by atoms with Gasteiger partial charge in [0, 0.05) is 11.2 Å². The van der Waals surface area contributed by atoms with E-state index in [1.54, 1.807) is 0 Å². The van der Waals surface area contributed by atoms with E-state index in [1.807, 2.05) is 0 Å². The molecule has 3 N–H and O–H groups in total. The van der Waals surface area contributed by atoms with E-state index in [1.165, 1.54) is 23.0 Å². The van der Waals surface area contributed by atoms with Gasteiger partial charge in [-0.3, -0.25) is 0 Å². The molecule has 2 rings (SSSR count). The van der Waals surface area contributed by atoms with Gasteiger partial charge in [-0.15, -0.1) is 12.4 Å². The minimum atomic E-state index is 0. The van der Waals surface area contributed by atoms with Crippen LogP contribution in [0.1, 0.15) is 18.5 Å². The summed E-state index contributed by atoms with van der Waals surface area (Å²) >= 11 is 0. The van der Waals surface area contributed by atoms with Crippen molar-refractivity contribution in [1.82, 2.24) is 4.98 Å². The molecular formula is C12H17ClN2. The number of nitrogens with one attached hydrogen (secondary N) is 1. The summed E-state index contributed by atoms with van der Waals surface area (Å²) in [6.45, 7) is 0.792. The van der Waals surface area contributed by atoms with E-state index in [0.717, 1.165) is 19.4 Å². The normalized spacial score (nSPS) is 10.2. The summed E-state index contributed by atoms with van der Waals surface area (Å²) in [6, 6.07) is 10.6. The molecule has 15 heavy (non-hydrogen) atoms. The Morgan fingerprint density at radius 1 is 1.13 bits per heavy atom. The van der Waals surface area contributed by atoms with Gasteiger partial charge in [-0.25, -0.2) is 0 Å². The lowest BCUT2D eigenvalue weighted by Gasteiger charge is -1.95. The molecule has 2 aromatic rings. The first kappa shape index (κ1) is 12.1. The molecule has 0 amide bonds. The lowest BCUT2D eigenvalue weighted by Crippen LogP contribution is -1.98. The number of aromatic amines is 1. The molecule has 0 radical (unpaired) electrons. The molecule has 1 heterocycles. The SMILES string of the molecule is Cl.NCCCCc1cc2ccccc2[nH]1. The van der Waals surface area contributed by atoms with E-state index in [9.17, 15) is 0 Å². The fourth-order valence-electron chi connectivity index (χ4n) is 1.73. The van der Waals surface area contributed by atoms with Crippen LogP contribution in [0.25, 0.3) is 10.9 Å². The summed E-state index contributed by atoms with van der Waals surface area (Å²) in [4.78, 5) is 3.41. The zero-order chi connectivity index (χ0) is 9.80. The Morgan fingerprint density at radius 2 is 1.93 bits per heavy atom. The lowest BCUT2D eigenvalue weighted by atomic mass is 10.2. The maximum atomic E-state index is 5.46. The van der Waals surface area contributed by atoms with Gasteiger partial charge in [0.15, 0.2) is 0 Å². The van der Waals surface area contributed by atoms with E-state index < -0.39 is 0 Å². The molecule has 1 aromatic carbocycles. The fourth-order valence-corrected chi connectivity index (χ4v) is 1.73. The second-order valence-corrected chi connectivity index (χ2v) is 3.63. The van der Waals surface area contributed by atoms with Gasteiger partial charge in [-0.2, -0.15) is 0 Å². The number of fused-ring (bicyclic) bond motifs is 1. The highest BCUT2D eigenvalue weighted by Crippen LogP contribution is 2.15. The molecule has 0 fully saturated rings. The van der Waals surface area contributed by atoms with E-state index in [4.69, 9.17) is 5.73 Å². The molecule has 0 saturated carbocycles. The Morgan fingerprint density at radius 3 is 2.67 bits per heavy atom. The van der Waals surface area contributed by atoms with Crippen LogP contribution in [-0.2, 0) is 6.42 Å². The van der Waals surface area contributed by atoms with Gasteiger partial charge in [0.2, 0.25) is 0 Å². The Kier molecular flexibility index (Phi) is 4.66. The Bertz CT molecular complexity index is 376. The van der Waals surface area contributed by atoms with Crippen molar-refractivity contribution in [1.29, 1.82) is 0 Å². The van der Waals surface area contributed by atoms with Crippen molar-refractivity contribution < 1.29 is 0 Å². The average molecular weight is 225 g/mol. The first-order chi connectivity index (χ1) is 6.90. The topological polar surface area (TPSA) is 41.8 Å². The van der Waals surface area contributed by atoms with Crippen LogP contribution in [-0.4, -0.2) is 11.5 Å². The number of unbranched alkanes of at least 4 members (excludes halogenated alkanes) is 1. The van der Waals surface area contributed by atoms with Crippen LogP contribution in [0.3, 0.4) is 0 Å². The molecule has 0 aliphatic rings. The number of para-hydroxylation sites is 1. The van der Waals surface area contributed by atoms with Crippen LogP contribution in [0, 0.1) is 0 Å². The minimum absolute atomic E-state index is 0. The summed E-state index contributed by atoms with van der Waals surface area (Å²) in [5, 5.41) is 1.30. The molecule has 82 valence electrons. The molecule has 0 spiro atoms. The van der Waals surface area contributed by atoms with Crippen LogP contribution in [0.15, 0.2) is 30.3 Å². The minimum Gasteiger partial charge on any atom is -0.358 e. The van der Waals surface area contributed by atoms with E-state index in [-0.39, 0.29) is 12.4 Å². The van der Waals surface area contributed by atoms with Gasteiger partial charge in [0.05, 0.1) is 0 Å². The van der Waals surface area contributed by atoms with Gasteiger partial charge in [-0.05, 0) is 43.3 Å². The van der Waals surface area contributed by atoms with Gasteiger partial charge in [0.25, 0.3) is 0 Å². The summed E-state index contributed by atoms with van der Waals surface area (Å²) in [5.74, 6) is 0. The monoisotopic (exact) mass is 224 g/mol. The second kappa shape index (κ2) is 5.79. The van der Waals surface area contributed by atoms with Crippen LogP contribution in [0.2, 0.25) is 0 Å². The molecular weight excluding hydrogens is 208 g/mol. The number of aromatic nitrogens is 1. The molecule has 0 atom stereocenters. The molecule has 0 saturated heterocycles. The number of hydrogen-bond donors (Lipinski definition) is 2. The summed E-state index contributed by atoms with van der Waals surface area (Å²) in [6.07, 6.45) is 3.38. The third-order valence-electron chi connectivity index (χ3n) is 2.49. The summed E-state index contributed by atoms with van der Waals surface area (Å²) in [7, 11) is 0. The Hall–Kier alpha value is -0.990. The molecule has 0 bridgehead atoms. The molecule has 0 unspecified atom stereocenters. The Labute approximate surface area is 96.3 Å². The predicted molar refractivity (Wildman–Crippen MR) is 67.5 cm³/mol. The lowest BCUT2D eigenvalue weighted by molar-refractivity contribution is 0.736. The summed E-state index contributed by atoms with van der Waals surface area (Å²) < 4.78 is 0. The zero-order valence-corrected chi connectivity index (χ0v) is 9.52. The summed E-state index contributed by atoms with van der Waals surface area (Å²) in [5.41, 5.74) is 8.01. The number of H-pyrrole nitrogens is 1. The first-order valence-electron chi connectivity index (χ1n) is 5.17. The van der Waals surface area contributed by atoms with Crippen molar-refractivity contribution in [2.24, 2.45) is 5.73 Å². The highest BCUT2D eigenvalue weighted by atomic mass is 35.5. The number of hydrogen-bond acceptors (Lipinski definition) is 1. The van der Waals surface area contributed by atoms with Gasteiger partial charge in [-0.1, -0.05) is 18.2 Å². The van der Waals surface area contributed by atoms with E-state index in [0.29, 0.717) is 0 Å². The number of rotatable bonds is 4. The number of benzene rings is 1. The smallest absolute Gasteiger partial charge is 0.0456 e. The third-order valence-corrected chi connectivity index (χ3v) is 2.49. The molecule has 3 heteroatoms. The fraction of sp³-hybridized carbons (Fsp3) is 0.333. The molecule has 2 nitrogen and oxygen atoms in total. The van der Waals surface area contributed by atoms with Crippen molar-refractivity contribution in [2.45, 2.75) is 19.3 Å². The quantitative estimate of drug-likeness (QED) is 0.771. The molecule has 0 aliphatic heterocycles. The highest BCUT2D eigenvalue weighted by Gasteiger charge is 1.98. The van der Waals surface area contributed by atoms with Crippen molar-refractivity contribution in [2.75, 3.05) is 6.54 Å². The van der Waals surface area contributed by atoms with Gasteiger partial charge >= 0.3 is 0 Å². The number of aryl methyl sites for hydroxylation is 1. The van der Waals surface area contributed by atoms with Crippen LogP contribution < -0.4 is 5.73 Å². The maximum Gasteiger partial charge on any atom is 0.0456 e. The number of nitrogens with two attached hydrogens (primary N) is 1. The third kappa shape index (κ3) is 2.98. The van der Waals surface area contributed by atoms with Crippen LogP contribution in [0.5, 0.6) is 0 Å². The van der Waals surface area contributed by atoms with E-state index in [2.05, 4.69) is 35.3 Å². The molecule has 0 aliphatic carbocycles. The van der Waals surface area contributed by atoms with Crippen LogP contribution >= 0.6 is 12.4 Å². The number of halogens is 1. The maximum absolute atomic E-state index is 5.46. The highest BCUT2D eigenvalue weighted by molar-refractivity contribution is 5.85. The van der Waals surface area contributed by atoms with Crippen LogP contribution in [0.4, 0.5) is 0 Å². The van der Waals surface area contributed by atoms with Crippen molar-refractivity contribution in [3.8, 4) is 0 Å². The predicted octanol–water partition coefficient (Wildman–Crippen LogP) is 2.87.